The maximum Gasteiger partial charge on any atom is 0.244 e. The van der Waals surface area contributed by atoms with Crippen molar-refractivity contribution in [3.8, 4) is 0 Å². The highest BCUT2D eigenvalue weighted by Gasteiger charge is 2.34. The van der Waals surface area contributed by atoms with Gasteiger partial charge in [0.1, 0.15) is 12.6 Å². The maximum absolute atomic E-state index is 14.2. The number of rotatable bonds is 11. The SMILES string of the molecule is CS(=O)(=O)N(CC(=O)N(Cc1ccc(Cl)c(Cl)c1)C(Cc1ccccc1)C(=O)NC1CCCCC1)c1ccc(Br)cc1. The monoisotopic (exact) mass is 693 g/mol. The Kier molecular flexibility index (Phi) is 11.3. The predicted octanol–water partition coefficient (Wildman–Crippen LogP) is 6.61. The van der Waals surface area contributed by atoms with Gasteiger partial charge in [-0.1, -0.05) is 94.8 Å². The van der Waals surface area contributed by atoms with E-state index in [0.717, 1.165) is 52.7 Å². The van der Waals surface area contributed by atoms with Gasteiger partial charge in [0.05, 0.1) is 22.0 Å². The summed E-state index contributed by atoms with van der Waals surface area (Å²) < 4.78 is 27.6. The second kappa shape index (κ2) is 14.7. The van der Waals surface area contributed by atoms with Crippen LogP contribution in [0, 0.1) is 0 Å². The van der Waals surface area contributed by atoms with Crippen LogP contribution in [0.1, 0.15) is 43.2 Å². The molecule has 0 bridgehead atoms. The normalized spacial score (nSPS) is 14.7. The maximum atomic E-state index is 14.2. The molecule has 1 fully saturated rings. The van der Waals surface area contributed by atoms with Crippen molar-refractivity contribution in [2.45, 2.75) is 57.2 Å². The first-order valence-corrected chi connectivity index (χ1v) is 17.2. The van der Waals surface area contributed by atoms with Crippen molar-refractivity contribution in [2.24, 2.45) is 0 Å². The molecule has 1 aliphatic rings. The molecule has 0 aliphatic heterocycles. The van der Waals surface area contributed by atoms with Crippen molar-refractivity contribution in [3.05, 3.63) is 98.4 Å². The third kappa shape index (κ3) is 8.96. The predicted molar refractivity (Wildman–Crippen MR) is 172 cm³/mol. The Morgan fingerprint density at radius 3 is 2.21 bits per heavy atom. The largest absolute Gasteiger partial charge is 0.352 e. The first-order chi connectivity index (χ1) is 20.0. The number of hydrogen-bond donors (Lipinski definition) is 1. The number of nitrogens with one attached hydrogen (secondary N) is 1. The summed E-state index contributed by atoms with van der Waals surface area (Å²) in [4.78, 5) is 29.6. The number of halogens is 3. The second-order valence-corrected chi connectivity index (χ2v) is 14.2. The summed E-state index contributed by atoms with van der Waals surface area (Å²) in [7, 11) is -3.84. The summed E-state index contributed by atoms with van der Waals surface area (Å²) >= 11 is 15.8. The highest BCUT2D eigenvalue weighted by molar-refractivity contribution is 9.10. The van der Waals surface area contributed by atoms with E-state index in [-0.39, 0.29) is 24.9 Å². The molecule has 0 saturated heterocycles. The number of amides is 2. The molecule has 0 radical (unpaired) electrons. The summed E-state index contributed by atoms with van der Waals surface area (Å²) in [6, 6.07) is 20.3. The van der Waals surface area contributed by atoms with Gasteiger partial charge in [0.2, 0.25) is 21.8 Å². The molecule has 1 aliphatic carbocycles. The molecular formula is C31H34BrCl2N3O4S. The molecule has 0 spiro atoms. The van der Waals surface area contributed by atoms with Crippen LogP contribution >= 0.6 is 39.1 Å². The van der Waals surface area contributed by atoms with E-state index < -0.39 is 28.5 Å². The summed E-state index contributed by atoms with van der Waals surface area (Å²) in [5.74, 6) is -0.789. The molecule has 0 heterocycles. The Hall–Kier alpha value is -2.59. The third-order valence-electron chi connectivity index (χ3n) is 7.35. The van der Waals surface area contributed by atoms with Crippen LogP contribution in [0.5, 0.6) is 0 Å². The zero-order valence-electron chi connectivity index (χ0n) is 23.3. The number of anilines is 1. The van der Waals surface area contributed by atoms with Gasteiger partial charge in [0.25, 0.3) is 0 Å². The fourth-order valence-electron chi connectivity index (χ4n) is 5.15. The average molecular weight is 696 g/mol. The molecular weight excluding hydrogens is 661 g/mol. The quantitative estimate of drug-likeness (QED) is 0.245. The van der Waals surface area contributed by atoms with E-state index >= 15 is 0 Å². The topological polar surface area (TPSA) is 86.8 Å². The van der Waals surface area contributed by atoms with Gasteiger partial charge < -0.3 is 10.2 Å². The Morgan fingerprint density at radius 1 is 0.929 bits per heavy atom. The lowest BCUT2D eigenvalue weighted by Crippen LogP contribution is -2.55. The number of carbonyl (C=O) groups is 2. The number of sulfonamides is 1. The number of nitrogens with zero attached hydrogens (tertiary/aromatic N) is 2. The molecule has 42 heavy (non-hydrogen) atoms. The highest BCUT2D eigenvalue weighted by Crippen LogP contribution is 2.26. The molecule has 1 atom stereocenters. The first-order valence-electron chi connectivity index (χ1n) is 13.8. The number of hydrogen-bond acceptors (Lipinski definition) is 4. The van der Waals surface area contributed by atoms with Crippen LogP contribution in [-0.4, -0.2) is 50.0 Å². The van der Waals surface area contributed by atoms with Gasteiger partial charge >= 0.3 is 0 Å². The van der Waals surface area contributed by atoms with Gasteiger partial charge in [-0.15, -0.1) is 0 Å². The van der Waals surface area contributed by atoms with Gasteiger partial charge in [-0.2, -0.15) is 0 Å². The minimum absolute atomic E-state index is 0.0294. The standard InChI is InChI=1S/C31H34BrCl2N3O4S/c1-42(40,41)37(26-15-13-24(32)14-16-26)21-30(38)36(20-23-12-17-27(33)28(34)18-23)29(19-22-8-4-2-5-9-22)31(39)35-25-10-6-3-7-11-25/h2,4-5,8-9,12-18,25,29H,3,6-7,10-11,19-21H2,1H3,(H,35,39). The van der Waals surface area contributed by atoms with E-state index in [0.29, 0.717) is 21.3 Å². The summed E-state index contributed by atoms with van der Waals surface area (Å²) in [6.07, 6.45) is 6.30. The molecule has 3 aromatic rings. The molecule has 1 N–H and O–H groups in total. The third-order valence-corrected chi connectivity index (χ3v) is 9.76. The van der Waals surface area contributed by atoms with Crippen molar-refractivity contribution in [1.82, 2.24) is 10.2 Å². The lowest BCUT2D eigenvalue weighted by molar-refractivity contribution is -0.140. The number of benzene rings is 3. The highest BCUT2D eigenvalue weighted by atomic mass is 79.9. The molecule has 11 heteroatoms. The van der Waals surface area contributed by atoms with Crippen molar-refractivity contribution >= 4 is 66.7 Å². The smallest absolute Gasteiger partial charge is 0.244 e. The van der Waals surface area contributed by atoms with Crippen molar-refractivity contribution < 1.29 is 18.0 Å². The van der Waals surface area contributed by atoms with Gasteiger partial charge in [0, 0.05) is 23.5 Å². The van der Waals surface area contributed by atoms with Gasteiger partial charge in [0.15, 0.2) is 0 Å². The lowest BCUT2D eigenvalue weighted by atomic mass is 9.94. The number of carbonyl (C=O) groups excluding carboxylic acids is 2. The fraction of sp³-hybridized carbons (Fsp3) is 0.355. The van der Waals surface area contributed by atoms with E-state index in [4.69, 9.17) is 23.2 Å². The molecule has 1 unspecified atom stereocenters. The van der Waals surface area contributed by atoms with Gasteiger partial charge in [-0.25, -0.2) is 8.42 Å². The summed E-state index contributed by atoms with van der Waals surface area (Å²) in [6.45, 7) is -0.451. The zero-order chi connectivity index (χ0) is 30.3. The molecule has 224 valence electrons. The van der Waals surface area contributed by atoms with Crippen LogP contribution in [0.3, 0.4) is 0 Å². The van der Waals surface area contributed by atoms with Crippen LogP contribution in [0.15, 0.2) is 77.3 Å². The Morgan fingerprint density at radius 2 is 1.60 bits per heavy atom. The van der Waals surface area contributed by atoms with E-state index in [9.17, 15) is 18.0 Å². The van der Waals surface area contributed by atoms with Crippen molar-refractivity contribution in [1.29, 1.82) is 0 Å². The van der Waals surface area contributed by atoms with Gasteiger partial charge in [-0.3, -0.25) is 13.9 Å². The Balaban J connectivity index is 1.73. The van der Waals surface area contributed by atoms with E-state index in [1.54, 1.807) is 42.5 Å². The molecule has 7 nitrogen and oxygen atoms in total. The molecule has 2 amide bonds. The van der Waals surface area contributed by atoms with Crippen LogP contribution in [0.25, 0.3) is 0 Å². The van der Waals surface area contributed by atoms with E-state index in [1.807, 2.05) is 30.3 Å². The second-order valence-electron chi connectivity index (χ2n) is 10.6. The van der Waals surface area contributed by atoms with Crippen LogP contribution in [0.2, 0.25) is 10.0 Å². The molecule has 0 aromatic heterocycles. The minimum atomic E-state index is -3.84. The van der Waals surface area contributed by atoms with Crippen molar-refractivity contribution in [2.75, 3.05) is 17.1 Å². The van der Waals surface area contributed by atoms with Crippen LogP contribution < -0.4 is 9.62 Å². The van der Waals surface area contributed by atoms with Crippen molar-refractivity contribution in [3.63, 3.8) is 0 Å². The molecule has 4 rings (SSSR count). The molecule has 1 saturated carbocycles. The van der Waals surface area contributed by atoms with Crippen LogP contribution in [-0.2, 0) is 32.6 Å². The zero-order valence-corrected chi connectivity index (χ0v) is 27.2. The Labute approximate surface area is 266 Å². The Bertz CT molecular complexity index is 1480. The average Bonchev–Trinajstić information content (AvgIpc) is 2.96. The van der Waals surface area contributed by atoms with Crippen LogP contribution in [0.4, 0.5) is 5.69 Å². The lowest BCUT2D eigenvalue weighted by Gasteiger charge is -2.35. The fourth-order valence-corrected chi connectivity index (χ4v) is 6.59. The van der Waals surface area contributed by atoms with Gasteiger partial charge in [-0.05, 0) is 60.4 Å². The summed E-state index contributed by atoms with van der Waals surface area (Å²) in [5, 5.41) is 3.87. The van der Waals surface area contributed by atoms with E-state index in [2.05, 4.69) is 21.2 Å². The minimum Gasteiger partial charge on any atom is -0.352 e. The first kappa shape index (κ1) is 32.3. The van der Waals surface area contributed by atoms with E-state index in [1.165, 1.54) is 4.90 Å². The molecule has 3 aromatic carbocycles. The summed E-state index contributed by atoms with van der Waals surface area (Å²) in [5.41, 5.74) is 1.88.